The van der Waals surface area contributed by atoms with Crippen molar-refractivity contribution >= 4 is 75.2 Å². The zero-order valence-electron chi connectivity index (χ0n) is 22.2. The molecule has 1 unspecified atom stereocenters. The SMILES string of the molecule is CC(C)(O/N=C(\C(=O)N[C@@H]1C(=O)N2C(C(=O)O)=C(CNC(=O)c3cc(O)c(O)c(Cl)c3)CSC12)c1csc(N)n1)C(=O)O. The summed E-state index contributed by atoms with van der Waals surface area (Å²) in [6, 6.07) is 0.909. The van der Waals surface area contributed by atoms with E-state index in [0.29, 0.717) is 0 Å². The normalized spacial score (nSPS) is 18.4. The lowest BCUT2D eigenvalue weighted by atomic mass is 10.0. The zero-order chi connectivity index (χ0) is 31.8. The number of nitrogen functional groups attached to an aromatic ring is 1. The van der Waals surface area contributed by atoms with Crippen molar-refractivity contribution in [2.24, 2.45) is 5.16 Å². The minimum Gasteiger partial charge on any atom is -0.504 e. The second kappa shape index (κ2) is 12.0. The van der Waals surface area contributed by atoms with Crippen LogP contribution in [-0.2, 0) is 24.0 Å². The maximum atomic E-state index is 13.2. The van der Waals surface area contributed by atoms with Gasteiger partial charge in [-0.25, -0.2) is 14.6 Å². The third-order valence-corrected chi connectivity index (χ3v) is 8.47. The summed E-state index contributed by atoms with van der Waals surface area (Å²) >= 11 is 7.90. The van der Waals surface area contributed by atoms with Crippen molar-refractivity contribution in [2.45, 2.75) is 30.9 Å². The van der Waals surface area contributed by atoms with E-state index in [9.17, 15) is 44.4 Å². The molecule has 19 heteroatoms. The third kappa shape index (κ3) is 6.30. The number of aliphatic carboxylic acids is 2. The van der Waals surface area contributed by atoms with Gasteiger partial charge in [0.2, 0.25) is 5.60 Å². The first-order chi connectivity index (χ1) is 20.1. The second-order valence-electron chi connectivity index (χ2n) is 9.54. The zero-order valence-corrected chi connectivity index (χ0v) is 24.5. The van der Waals surface area contributed by atoms with Crippen LogP contribution in [0.4, 0.5) is 5.13 Å². The van der Waals surface area contributed by atoms with Gasteiger partial charge in [0, 0.05) is 23.2 Å². The average molecular weight is 655 g/mol. The number of phenols is 2. The van der Waals surface area contributed by atoms with Crippen molar-refractivity contribution in [1.82, 2.24) is 20.5 Å². The summed E-state index contributed by atoms with van der Waals surface area (Å²) in [6.45, 7) is 2.14. The maximum Gasteiger partial charge on any atom is 0.352 e. The number of aromatic nitrogens is 1. The van der Waals surface area contributed by atoms with Gasteiger partial charge in [-0.05, 0) is 31.6 Å². The van der Waals surface area contributed by atoms with Crippen LogP contribution in [0.5, 0.6) is 11.5 Å². The van der Waals surface area contributed by atoms with Crippen molar-refractivity contribution in [3.05, 3.63) is 45.1 Å². The number of amides is 3. The summed E-state index contributed by atoms with van der Waals surface area (Å²) < 4.78 is 0. The minimum atomic E-state index is -1.81. The number of anilines is 1. The van der Waals surface area contributed by atoms with Gasteiger partial charge < -0.3 is 41.6 Å². The number of benzene rings is 1. The number of hydrogen-bond acceptors (Lipinski definition) is 13. The van der Waals surface area contributed by atoms with Gasteiger partial charge in [-0.2, -0.15) is 0 Å². The monoisotopic (exact) mass is 654 g/mol. The van der Waals surface area contributed by atoms with Crippen LogP contribution in [0.15, 0.2) is 33.9 Å². The average Bonchev–Trinajstić information content (AvgIpc) is 3.37. The van der Waals surface area contributed by atoms with E-state index in [-0.39, 0.29) is 45.0 Å². The molecule has 1 saturated heterocycles. The van der Waals surface area contributed by atoms with E-state index in [1.807, 2.05) is 0 Å². The molecule has 1 aromatic carbocycles. The van der Waals surface area contributed by atoms with Crippen LogP contribution in [0.1, 0.15) is 29.9 Å². The van der Waals surface area contributed by atoms with Crippen molar-refractivity contribution in [3.8, 4) is 11.5 Å². The number of carbonyl (C=O) groups excluding carboxylic acids is 3. The Hall–Kier alpha value is -4.55. The number of halogens is 1. The van der Waals surface area contributed by atoms with Gasteiger partial charge in [0.15, 0.2) is 22.3 Å². The number of carbonyl (C=O) groups is 5. The Labute approximate surface area is 255 Å². The molecular formula is C24H23ClN6O10S2. The van der Waals surface area contributed by atoms with Gasteiger partial charge in [0.05, 0.1) is 5.02 Å². The lowest BCUT2D eigenvalue weighted by Gasteiger charge is -2.49. The number of nitrogens with one attached hydrogen (secondary N) is 2. The highest BCUT2D eigenvalue weighted by atomic mass is 35.5. The number of thioether (sulfide) groups is 1. The van der Waals surface area contributed by atoms with Crippen LogP contribution in [0.25, 0.3) is 0 Å². The smallest absolute Gasteiger partial charge is 0.352 e. The van der Waals surface area contributed by atoms with Crippen molar-refractivity contribution in [2.75, 3.05) is 18.0 Å². The number of carboxylic acid groups (broad SMARTS) is 2. The first kappa shape index (κ1) is 31.4. The fraction of sp³-hybridized carbons (Fsp3) is 0.292. The highest BCUT2D eigenvalue weighted by Crippen LogP contribution is 2.40. The standard InChI is InChI=1S/C24H23ClN6O10S2/c1-24(2,22(39)40)41-30-13(11-7-43-23(26)28-11)18(35)29-14-19(36)31-15(21(37)38)9(6-42-20(14)31)5-27-17(34)8-3-10(25)16(33)12(32)4-8/h3-4,7,14,20,32-33H,5-6H2,1-2H3,(H2,26,28)(H,27,34)(H,29,35)(H,37,38)(H,39,40)/b30-13-/t14-,20?/m1/s1. The summed E-state index contributed by atoms with van der Waals surface area (Å²) in [6.07, 6.45) is 0. The molecule has 16 nitrogen and oxygen atoms in total. The van der Waals surface area contributed by atoms with Crippen molar-refractivity contribution in [3.63, 3.8) is 0 Å². The Morgan fingerprint density at radius 3 is 2.53 bits per heavy atom. The van der Waals surface area contributed by atoms with Crippen molar-refractivity contribution < 1.29 is 49.2 Å². The van der Waals surface area contributed by atoms with Crippen LogP contribution >= 0.6 is 34.7 Å². The molecule has 3 heterocycles. The number of oxime groups is 1. The highest BCUT2D eigenvalue weighted by molar-refractivity contribution is 8.00. The molecule has 43 heavy (non-hydrogen) atoms. The molecule has 2 aliphatic heterocycles. The van der Waals surface area contributed by atoms with Gasteiger partial charge in [-0.3, -0.25) is 19.3 Å². The predicted octanol–water partition coefficient (Wildman–Crippen LogP) is 0.542. The fourth-order valence-corrected chi connectivity index (χ4v) is 5.94. The number of phenolic OH excluding ortho intramolecular Hbond substituents is 2. The number of hydrogen-bond donors (Lipinski definition) is 7. The first-order valence-corrected chi connectivity index (χ1v) is 14.3. The Kier molecular flexibility index (Phi) is 8.74. The van der Waals surface area contributed by atoms with Gasteiger partial charge >= 0.3 is 11.9 Å². The number of nitrogens with two attached hydrogens (primary N) is 1. The van der Waals surface area contributed by atoms with E-state index in [1.165, 1.54) is 19.2 Å². The molecule has 4 rings (SSSR count). The number of thiazole rings is 1. The van der Waals surface area contributed by atoms with Gasteiger partial charge in [0.1, 0.15) is 22.8 Å². The summed E-state index contributed by atoms with van der Waals surface area (Å²) in [4.78, 5) is 72.4. The van der Waals surface area contributed by atoms with E-state index in [0.717, 1.165) is 40.1 Å². The molecular weight excluding hydrogens is 632 g/mol. The fourth-order valence-electron chi connectivity index (χ4n) is 3.83. The Morgan fingerprint density at radius 2 is 1.95 bits per heavy atom. The third-order valence-electron chi connectivity index (χ3n) is 6.16. The molecule has 8 N–H and O–H groups in total. The maximum absolute atomic E-state index is 13.2. The molecule has 1 fully saturated rings. The number of aromatic hydroxyl groups is 2. The van der Waals surface area contributed by atoms with E-state index in [2.05, 4.69) is 20.8 Å². The number of fused-ring (bicyclic) bond motifs is 1. The molecule has 0 aliphatic carbocycles. The van der Waals surface area contributed by atoms with Crippen LogP contribution < -0.4 is 16.4 Å². The second-order valence-corrected chi connectivity index (χ2v) is 11.9. The van der Waals surface area contributed by atoms with Gasteiger partial charge in [-0.1, -0.05) is 16.8 Å². The minimum absolute atomic E-state index is 0.0338. The van der Waals surface area contributed by atoms with Crippen LogP contribution in [-0.4, -0.2) is 95.0 Å². The Balaban J connectivity index is 1.50. The lowest BCUT2D eigenvalue weighted by molar-refractivity contribution is -0.161. The lowest BCUT2D eigenvalue weighted by Crippen LogP contribution is -2.71. The summed E-state index contributed by atoms with van der Waals surface area (Å²) in [5, 5.41) is 47.5. The topological polar surface area (TPSA) is 254 Å². The molecule has 0 radical (unpaired) electrons. The van der Waals surface area contributed by atoms with E-state index < -0.39 is 63.9 Å². The van der Waals surface area contributed by atoms with Gasteiger partial charge in [0.25, 0.3) is 17.7 Å². The summed E-state index contributed by atoms with van der Waals surface area (Å²) in [5.41, 5.74) is 3.08. The molecule has 2 aromatic rings. The van der Waals surface area contributed by atoms with E-state index >= 15 is 0 Å². The molecule has 2 aliphatic rings. The van der Waals surface area contributed by atoms with Crippen LogP contribution in [0.2, 0.25) is 5.02 Å². The first-order valence-electron chi connectivity index (χ1n) is 12.0. The van der Waals surface area contributed by atoms with Crippen LogP contribution in [0, 0.1) is 0 Å². The molecule has 2 atom stereocenters. The quantitative estimate of drug-likeness (QED) is 0.0800. The number of β-lactam (4-membered cyclic amide) rings is 1. The predicted molar refractivity (Wildman–Crippen MR) is 153 cm³/mol. The van der Waals surface area contributed by atoms with E-state index in [1.54, 1.807) is 0 Å². The molecule has 0 spiro atoms. The number of carboxylic acids is 2. The molecule has 0 saturated carbocycles. The molecule has 3 amide bonds. The number of rotatable bonds is 10. The Bertz CT molecular complexity index is 1580. The molecule has 228 valence electrons. The highest BCUT2D eigenvalue weighted by Gasteiger charge is 2.54. The van der Waals surface area contributed by atoms with E-state index in [4.69, 9.17) is 22.2 Å². The summed E-state index contributed by atoms with van der Waals surface area (Å²) in [7, 11) is 0. The molecule has 1 aromatic heterocycles. The number of nitrogens with zero attached hydrogens (tertiary/aromatic N) is 3. The van der Waals surface area contributed by atoms with Gasteiger partial charge in [-0.15, -0.1) is 23.1 Å². The Morgan fingerprint density at radius 1 is 1.26 bits per heavy atom. The van der Waals surface area contributed by atoms with Crippen molar-refractivity contribution in [1.29, 1.82) is 0 Å². The largest absolute Gasteiger partial charge is 0.504 e. The van der Waals surface area contributed by atoms with Crippen LogP contribution in [0.3, 0.4) is 0 Å². The summed E-state index contributed by atoms with van der Waals surface area (Å²) in [5.74, 6) is -6.40. The molecule has 0 bridgehead atoms.